The summed E-state index contributed by atoms with van der Waals surface area (Å²) in [5, 5.41) is 13.2. The molecule has 0 fully saturated rings. The molecule has 0 aromatic heterocycles. The number of benzene rings is 2. The van der Waals surface area contributed by atoms with Gasteiger partial charge in [-0.1, -0.05) is 23.7 Å². The molecule has 0 heterocycles. The minimum Gasteiger partial charge on any atom is -0.497 e. The molecule has 28 heavy (non-hydrogen) atoms. The molecular formula is C19H17ClN2O6. The molecule has 9 heteroatoms. The number of esters is 1. The van der Waals surface area contributed by atoms with Crippen molar-refractivity contribution < 1.29 is 24.0 Å². The second-order valence-electron chi connectivity index (χ2n) is 5.60. The summed E-state index contributed by atoms with van der Waals surface area (Å²) in [6, 6.07) is 10.7. The molecule has 8 nitrogen and oxygen atoms in total. The van der Waals surface area contributed by atoms with Crippen molar-refractivity contribution in [2.24, 2.45) is 0 Å². The topological polar surface area (TPSA) is 108 Å². The maximum atomic E-state index is 12.2. The van der Waals surface area contributed by atoms with Gasteiger partial charge >= 0.3 is 5.97 Å². The highest BCUT2D eigenvalue weighted by atomic mass is 35.5. The summed E-state index contributed by atoms with van der Waals surface area (Å²) >= 11 is 5.92. The summed E-state index contributed by atoms with van der Waals surface area (Å²) < 4.78 is 10.1. The van der Waals surface area contributed by atoms with E-state index in [0.717, 1.165) is 11.6 Å². The van der Waals surface area contributed by atoms with Crippen LogP contribution in [0.5, 0.6) is 5.75 Å². The van der Waals surface area contributed by atoms with E-state index in [0.29, 0.717) is 5.75 Å². The number of hydrogen-bond donors (Lipinski definition) is 1. The van der Waals surface area contributed by atoms with Crippen LogP contribution in [0.4, 0.5) is 11.4 Å². The Morgan fingerprint density at radius 1 is 1.25 bits per heavy atom. The van der Waals surface area contributed by atoms with Crippen LogP contribution in [0.1, 0.15) is 12.5 Å². The Kier molecular flexibility index (Phi) is 7.11. The highest BCUT2D eigenvalue weighted by Crippen LogP contribution is 2.26. The summed E-state index contributed by atoms with van der Waals surface area (Å²) in [7, 11) is 1.54. The average molecular weight is 405 g/mol. The van der Waals surface area contributed by atoms with Gasteiger partial charge in [-0.05, 0) is 36.8 Å². The minimum absolute atomic E-state index is 0.000928. The monoisotopic (exact) mass is 404 g/mol. The van der Waals surface area contributed by atoms with Crippen LogP contribution >= 0.6 is 11.6 Å². The number of nitrogens with zero attached hydrogens (tertiary/aromatic N) is 1. The lowest BCUT2D eigenvalue weighted by molar-refractivity contribution is -0.384. The highest BCUT2D eigenvalue weighted by molar-refractivity contribution is 6.34. The van der Waals surface area contributed by atoms with Crippen LogP contribution in [0.15, 0.2) is 48.5 Å². The average Bonchev–Trinajstić information content (AvgIpc) is 2.67. The van der Waals surface area contributed by atoms with E-state index in [2.05, 4.69) is 5.32 Å². The molecule has 0 saturated carbocycles. The molecule has 1 N–H and O–H groups in total. The molecule has 1 atom stereocenters. The van der Waals surface area contributed by atoms with Gasteiger partial charge in [-0.15, -0.1) is 0 Å². The molecular weight excluding hydrogens is 388 g/mol. The first-order chi connectivity index (χ1) is 13.3. The summed E-state index contributed by atoms with van der Waals surface area (Å²) in [6.07, 6.45) is 1.62. The van der Waals surface area contributed by atoms with Crippen molar-refractivity contribution in [1.29, 1.82) is 0 Å². The van der Waals surface area contributed by atoms with Gasteiger partial charge in [0.05, 0.1) is 22.7 Å². The van der Waals surface area contributed by atoms with E-state index in [-0.39, 0.29) is 16.4 Å². The van der Waals surface area contributed by atoms with Gasteiger partial charge in [0.1, 0.15) is 5.75 Å². The largest absolute Gasteiger partial charge is 0.497 e. The zero-order valence-corrected chi connectivity index (χ0v) is 15.8. The van der Waals surface area contributed by atoms with Crippen molar-refractivity contribution in [1.82, 2.24) is 0 Å². The predicted molar refractivity (Wildman–Crippen MR) is 104 cm³/mol. The van der Waals surface area contributed by atoms with Gasteiger partial charge in [0.2, 0.25) is 0 Å². The van der Waals surface area contributed by atoms with Crippen molar-refractivity contribution in [2.75, 3.05) is 12.4 Å². The van der Waals surface area contributed by atoms with Gasteiger partial charge in [0.15, 0.2) is 6.10 Å². The number of amides is 1. The normalized spacial score (nSPS) is 11.7. The highest BCUT2D eigenvalue weighted by Gasteiger charge is 2.18. The summed E-state index contributed by atoms with van der Waals surface area (Å²) in [5.74, 6) is -0.692. The lowest BCUT2D eigenvalue weighted by Gasteiger charge is -2.13. The van der Waals surface area contributed by atoms with Crippen molar-refractivity contribution in [2.45, 2.75) is 13.0 Å². The fourth-order valence-corrected chi connectivity index (χ4v) is 2.35. The van der Waals surface area contributed by atoms with Gasteiger partial charge < -0.3 is 14.8 Å². The molecule has 0 aliphatic rings. The number of nitro groups is 1. The predicted octanol–water partition coefficient (Wildman–Crippen LogP) is 3.84. The second kappa shape index (κ2) is 9.52. The van der Waals surface area contributed by atoms with Crippen molar-refractivity contribution in [3.05, 3.63) is 69.2 Å². The van der Waals surface area contributed by atoms with Gasteiger partial charge in [0.25, 0.3) is 11.6 Å². The van der Waals surface area contributed by atoms with E-state index in [1.54, 1.807) is 24.3 Å². The zero-order chi connectivity index (χ0) is 20.7. The van der Waals surface area contributed by atoms with Crippen LogP contribution in [0.25, 0.3) is 6.08 Å². The fraction of sp³-hybridized carbons (Fsp3) is 0.158. The summed E-state index contributed by atoms with van der Waals surface area (Å²) in [6.45, 7) is 1.39. The first kappa shape index (κ1) is 20.9. The molecule has 0 spiro atoms. The van der Waals surface area contributed by atoms with Gasteiger partial charge in [-0.2, -0.15) is 0 Å². The summed E-state index contributed by atoms with van der Waals surface area (Å²) in [5.41, 5.74) is 0.698. The van der Waals surface area contributed by atoms with Crippen molar-refractivity contribution in [3.63, 3.8) is 0 Å². The van der Waals surface area contributed by atoms with Crippen LogP contribution in [0.2, 0.25) is 5.02 Å². The minimum atomic E-state index is -1.10. The van der Waals surface area contributed by atoms with E-state index < -0.39 is 22.9 Å². The molecule has 2 aromatic rings. The van der Waals surface area contributed by atoms with Gasteiger partial charge in [-0.3, -0.25) is 14.9 Å². The van der Waals surface area contributed by atoms with Gasteiger partial charge in [-0.25, -0.2) is 4.79 Å². The van der Waals surface area contributed by atoms with Crippen LogP contribution in [-0.4, -0.2) is 30.0 Å². The second-order valence-corrected chi connectivity index (χ2v) is 6.01. The van der Waals surface area contributed by atoms with Crippen LogP contribution in [-0.2, 0) is 14.3 Å². The number of rotatable bonds is 7. The summed E-state index contributed by atoms with van der Waals surface area (Å²) in [4.78, 5) is 34.2. The Labute approximate surface area is 165 Å². The molecule has 0 radical (unpaired) electrons. The maximum Gasteiger partial charge on any atom is 0.331 e. The molecule has 2 rings (SSSR count). The third-order valence-electron chi connectivity index (χ3n) is 3.59. The molecule has 0 saturated heterocycles. The Morgan fingerprint density at radius 3 is 2.64 bits per heavy atom. The van der Waals surface area contributed by atoms with E-state index in [1.807, 2.05) is 0 Å². The Morgan fingerprint density at radius 2 is 2.00 bits per heavy atom. The molecule has 0 aliphatic carbocycles. The molecule has 2 aromatic carbocycles. The number of nitrogens with one attached hydrogen (secondary N) is 1. The number of carbonyl (C=O) groups excluding carboxylic acids is 2. The van der Waals surface area contributed by atoms with E-state index >= 15 is 0 Å². The fourth-order valence-electron chi connectivity index (χ4n) is 2.13. The number of nitro benzene ring substituents is 1. The van der Waals surface area contributed by atoms with E-state index in [1.165, 1.54) is 38.3 Å². The lowest BCUT2D eigenvalue weighted by atomic mass is 10.2. The lowest BCUT2D eigenvalue weighted by Crippen LogP contribution is -2.29. The molecule has 146 valence electrons. The van der Waals surface area contributed by atoms with Crippen LogP contribution in [0.3, 0.4) is 0 Å². The van der Waals surface area contributed by atoms with E-state index in [9.17, 15) is 19.7 Å². The number of hydrogen-bond acceptors (Lipinski definition) is 6. The third kappa shape index (κ3) is 5.82. The first-order valence-corrected chi connectivity index (χ1v) is 8.45. The quantitative estimate of drug-likeness (QED) is 0.325. The number of carbonyl (C=O) groups is 2. The molecule has 0 aliphatic heterocycles. The van der Waals surface area contributed by atoms with Gasteiger partial charge in [0, 0.05) is 18.2 Å². The number of ether oxygens (including phenoxy) is 2. The number of methoxy groups -OCH3 is 1. The SMILES string of the molecule is COc1cccc(/C=C/C(=O)OC(C)C(=O)Nc2ccc([N+](=O)[O-])cc2Cl)c1. The number of anilines is 1. The maximum absolute atomic E-state index is 12.2. The van der Waals surface area contributed by atoms with Crippen molar-refractivity contribution in [3.8, 4) is 5.75 Å². The Bertz CT molecular complexity index is 928. The number of halogens is 1. The number of non-ortho nitro benzene ring substituents is 1. The van der Waals surface area contributed by atoms with Crippen LogP contribution < -0.4 is 10.1 Å². The van der Waals surface area contributed by atoms with Crippen molar-refractivity contribution >= 4 is 40.9 Å². The third-order valence-corrected chi connectivity index (χ3v) is 3.90. The zero-order valence-electron chi connectivity index (χ0n) is 15.0. The molecule has 1 amide bonds. The van der Waals surface area contributed by atoms with Crippen LogP contribution in [0, 0.1) is 10.1 Å². The molecule has 0 bridgehead atoms. The van der Waals surface area contributed by atoms with E-state index in [4.69, 9.17) is 21.1 Å². The first-order valence-electron chi connectivity index (χ1n) is 8.07. The Hall–Kier alpha value is -3.39. The standard InChI is InChI=1S/C19H17ClN2O6/c1-12(19(24)21-17-8-7-14(22(25)26)11-16(17)20)28-18(23)9-6-13-4-3-5-15(10-13)27-2/h3-12H,1-2H3,(H,21,24)/b9-6+. The smallest absolute Gasteiger partial charge is 0.331 e. The molecule has 1 unspecified atom stereocenters. The Balaban J connectivity index is 1.95.